The van der Waals surface area contributed by atoms with Gasteiger partial charge in [-0.05, 0) is 51.5 Å². The Labute approximate surface area is 130 Å². The highest BCUT2D eigenvalue weighted by atomic mass is 35.5. The second kappa shape index (κ2) is 5.93. The zero-order valence-electron chi connectivity index (χ0n) is 12.0. The fourth-order valence-electron chi connectivity index (χ4n) is 3.88. The van der Waals surface area contributed by atoms with Crippen LogP contribution in [0, 0.1) is 5.41 Å². The minimum atomic E-state index is 0.136. The minimum Gasteiger partial charge on any atom is -0.396 e. The largest absolute Gasteiger partial charge is 0.396 e. The maximum atomic E-state index is 9.91. The van der Waals surface area contributed by atoms with Crippen LogP contribution in [0.15, 0.2) is 12.1 Å². The van der Waals surface area contributed by atoms with E-state index in [1.54, 1.807) is 11.3 Å². The molecule has 2 aliphatic heterocycles. The van der Waals surface area contributed by atoms with Gasteiger partial charge >= 0.3 is 0 Å². The first-order valence-corrected chi connectivity index (χ1v) is 8.60. The van der Waals surface area contributed by atoms with Crippen molar-refractivity contribution in [1.82, 2.24) is 9.80 Å². The van der Waals surface area contributed by atoms with E-state index in [0.717, 1.165) is 36.9 Å². The van der Waals surface area contributed by atoms with Crippen molar-refractivity contribution >= 4 is 22.9 Å². The Morgan fingerprint density at radius 1 is 1.40 bits per heavy atom. The molecule has 0 radical (unpaired) electrons. The number of aliphatic hydroxyl groups is 1. The van der Waals surface area contributed by atoms with Crippen molar-refractivity contribution in [2.75, 3.05) is 33.3 Å². The highest BCUT2D eigenvalue weighted by Gasteiger charge is 2.46. The van der Waals surface area contributed by atoms with Gasteiger partial charge in [0.25, 0.3) is 0 Å². The Kier molecular flexibility index (Phi) is 4.39. The molecule has 0 amide bonds. The Hall–Kier alpha value is -0.130. The predicted octanol–water partition coefficient (Wildman–Crippen LogP) is 2.68. The van der Waals surface area contributed by atoms with Crippen LogP contribution >= 0.6 is 22.9 Å². The molecular formula is C15H23ClN2OS. The van der Waals surface area contributed by atoms with Crippen molar-refractivity contribution < 1.29 is 5.11 Å². The number of nitrogens with zero attached hydrogens (tertiary/aromatic N) is 2. The summed E-state index contributed by atoms with van der Waals surface area (Å²) in [6.45, 7) is 4.63. The number of likely N-dealkylation sites (tertiary alicyclic amines) is 2. The summed E-state index contributed by atoms with van der Waals surface area (Å²) in [5.74, 6) is 0. The standard InChI is InChI=1S/C15H23ClN2OS/c1-17-7-2-5-15(11-19)6-8-18(10-13(15)17)9-12-3-4-14(16)20-12/h3-4,13,19H,2,5-11H2,1H3/t13-,15-/m1/s1. The number of hydrogen-bond acceptors (Lipinski definition) is 4. The third kappa shape index (κ3) is 2.77. The zero-order chi connectivity index (χ0) is 14.2. The molecule has 0 spiro atoms. The lowest BCUT2D eigenvalue weighted by Gasteiger charge is -2.53. The molecule has 20 heavy (non-hydrogen) atoms. The molecule has 3 rings (SSSR count). The Balaban J connectivity index is 1.69. The maximum Gasteiger partial charge on any atom is 0.0931 e. The van der Waals surface area contributed by atoms with Crippen LogP contribution in [-0.4, -0.2) is 54.2 Å². The van der Waals surface area contributed by atoms with Crippen molar-refractivity contribution in [3.05, 3.63) is 21.3 Å². The molecule has 3 nitrogen and oxygen atoms in total. The molecule has 3 heterocycles. The Morgan fingerprint density at radius 3 is 2.95 bits per heavy atom. The molecule has 0 aromatic carbocycles. The smallest absolute Gasteiger partial charge is 0.0931 e. The van der Waals surface area contributed by atoms with Crippen LogP contribution in [0.2, 0.25) is 4.34 Å². The second-order valence-electron chi connectivity index (χ2n) is 6.31. The molecule has 5 heteroatoms. The number of halogens is 1. The van der Waals surface area contributed by atoms with Crippen LogP contribution in [0.25, 0.3) is 0 Å². The van der Waals surface area contributed by atoms with Gasteiger partial charge in [-0.3, -0.25) is 4.90 Å². The number of hydrogen-bond donors (Lipinski definition) is 1. The third-order valence-electron chi connectivity index (χ3n) is 5.10. The molecular weight excluding hydrogens is 292 g/mol. The number of thiophene rings is 1. The van der Waals surface area contributed by atoms with Gasteiger partial charge in [-0.1, -0.05) is 11.6 Å². The summed E-state index contributed by atoms with van der Waals surface area (Å²) in [7, 11) is 2.21. The van der Waals surface area contributed by atoms with Gasteiger partial charge in [0, 0.05) is 29.4 Å². The number of fused-ring (bicyclic) bond motifs is 1. The highest BCUT2D eigenvalue weighted by molar-refractivity contribution is 7.16. The van der Waals surface area contributed by atoms with Crippen LogP contribution < -0.4 is 0 Å². The number of piperidine rings is 2. The molecule has 0 aliphatic carbocycles. The average molecular weight is 315 g/mol. The summed E-state index contributed by atoms with van der Waals surface area (Å²) in [5, 5.41) is 9.91. The van der Waals surface area contributed by atoms with Crippen LogP contribution in [0.4, 0.5) is 0 Å². The molecule has 1 N–H and O–H groups in total. The topological polar surface area (TPSA) is 26.7 Å². The highest BCUT2D eigenvalue weighted by Crippen LogP contribution is 2.41. The quantitative estimate of drug-likeness (QED) is 0.929. The van der Waals surface area contributed by atoms with Gasteiger partial charge in [0.05, 0.1) is 10.9 Å². The van der Waals surface area contributed by atoms with E-state index in [1.165, 1.54) is 17.7 Å². The lowest BCUT2D eigenvalue weighted by molar-refractivity contribution is -0.0682. The van der Waals surface area contributed by atoms with Gasteiger partial charge in [0.15, 0.2) is 0 Å². The number of likely N-dealkylation sites (N-methyl/N-ethyl adjacent to an activating group) is 1. The van der Waals surface area contributed by atoms with Crippen LogP contribution in [0.1, 0.15) is 24.1 Å². The molecule has 1 aromatic heterocycles. The average Bonchev–Trinajstić information content (AvgIpc) is 2.85. The molecule has 1 aromatic rings. The third-order valence-corrected chi connectivity index (χ3v) is 6.32. The number of rotatable bonds is 3. The summed E-state index contributed by atoms with van der Waals surface area (Å²) in [5.41, 5.74) is 0.136. The van der Waals surface area contributed by atoms with Crippen LogP contribution in [-0.2, 0) is 6.54 Å². The summed E-state index contributed by atoms with van der Waals surface area (Å²) in [6, 6.07) is 4.60. The summed E-state index contributed by atoms with van der Waals surface area (Å²) >= 11 is 7.69. The first kappa shape index (κ1) is 14.8. The van der Waals surface area contributed by atoms with E-state index in [9.17, 15) is 5.11 Å². The molecule has 2 fully saturated rings. The van der Waals surface area contributed by atoms with Gasteiger partial charge in [-0.15, -0.1) is 11.3 Å². The van der Waals surface area contributed by atoms with Gasteiger partial charge in [0.1, 0.15) is 0 Å². The Morgan fingerprint density at radius 2 is 2.25 bits per heavy atom. The van der Waals surface area contributed by atoms with E-state index in [4.69, 9.17) is 11.6 Å². The first-order valence-electron chi connectivity index (χ1n) is 7.41. The SMILES string of the molecule is CN1CCC[C@]2(CO)CCN(Cc3ccc(Cl)s3)C[C@@H]12. The second-order valence-corrected chi connectivity index (χ2v) is 8.11. The molecule has 0 unspecified atom stereocenters. The zero-order valence-corrected chi connectivity index (χ0v) is 13.6. The van der Waals surface area contributed by atoms with Crippen LogP contribution in [0.3, 0.4) is 0 Å². The fourth-order valence-corrected chi connectivity index (χ4v) is 5.01. The van der Waals surface area contributed by atoms with Gasteiger partial charge in [-0.25, -0.2) is 0 Å². The van der Waals surface area contributed by atoms with Crippen molar-refractivity contribution in [3.63, 3.8) is 0 Å². The lowest BCUT2D eigenvalue weighted by Crippen LogP contribution is -2.61. The van der Waals surface area contributed by atoms with E-state index < -0.39 is 0 Å². The molecule has 2 aliphatic rings. The first-order chi connectivity index (χ1) is 9.63. The monoisotopic (exact) mass is 314 g/mol. The summed E-state index contributed by atoms with van der Waals surface area (Å²) in [4.78, 5) is 6.31. The minimum absolute atomic E-state index is 0.136. The summed E-state index contributed by atoms with van der Waals surface area (Å²) < 4.78 is 0.872. The maximum absolute atomic E-state index is 9.91. The normalized spacial score (nSPS) is 32.2. The van der Waals surface area contributed by atoms with Crippen molar-refractivity contribution in [3.8, 4) is 0 Å². The van der Waals surface area contributed by atoms with E-state index in [-0.39, 0.29) is 5.41 Å². The van der Waals surface area contributed by atoms with Gasteiger partial charge < -0.3 is 10.0 Å². The van der Waals surface area contributed by atoms with Gasteiger partial charge in [0.2, 0.25) is 0 Å². The summed E-state index contributed by atoms with van der Waals surface area (Å²) in [6.07, 6.45) is 3.50. The van der Waals surface area contributed by atoms with Crippen molar-refractivity contribution in [2.45, 2.75) is 31.8 Å². The molecule has 2 atom stereocenters. The van der Waals surface area contributed by atoms with E-state index in [1.807, 2.05) is 6.07 Å². The van der Waals surface area contributed by atoms with Crippen LogP contribution in [0.5, 0.6) is 0 Å². The lowest BCUT2D eigenvalue weighted by atomic mass is 9.69. The number of aliphatic hydroxyl groups excluding tert-OH is 1. The Bertz CT molecular complexity index is 466. The fraction of sp³-hybridized carbons (Fsp3) is 0.733. The van der Waals surface area contributed by atoms with Crippen molar-refractivity contribution in [2.24, 2.45) is 5.41 Å². The van der Waals surface area contributed by atoms with E-state index in [0.29, 0.717) is 12.6 Å². The van der Waals surface area contributed by atoms with E-state index >= 15 is 0 Å². The van der Waals surface area contributed by atoms with Crippen molar-refractivity contribution in [1.29, 1.82) is 0 Å². The predicted molar refractivity (Wildman–Crippen MR) is 84.4 cm³/mol. The molecule has 0 saturated carbocycles. The van der Waals surface area contributed by atoms with Gasteiger partial charge in [-0.2, -0.15) is 0 Å². The molecule has 112 valence electrons. The molecule has 0 bridgehead atoms. The molecule has 2 saturated heterocycles. The van der Waals surface area contributed by atoms with E-state index in [2.05, 4.69) is 22.9 Å².